The van der Waals surface area contributed by atoms with Gasteiger partial charge in [-0.1, -0.05) is 140 Å². The Morgan fingerprint density at radius 3 is 1.96 bits per heavy atom. The van der Waals surface area contributed by atoms with E-state index >= 15 is 0 Å². The predicted octanol–water partition coefficient (Wildman–Crippen LogP) is 15.1. The molecule has 0 bridgehead atoms. The van der Waals surface area contributed by atoms with Gasteiger partial charge in [0.25, 0.3) is 0 Å². The summed E-state index contributed by atoms with van der Waals surface area (Å²) in [6.07, 6.45) is 0. The minimum absolute atomic E-state index is 0.896. The van der Waals surface area contributed by atoms with Gasteiger partial charge < -0.3 is 9.32 Å². The number of nitrogens with zero attached hydrogens (tertiary/aromatic N) is 1. The van der Waals surface area contributed by atoms with E-state index in [9.17, 15) is 0 Å². The molecule has 2 heterocycles. The smallest absolute Gasteiger partial charge is 0.136 e. The molecule has 11 rings (SSSR count). The van der Waals surface area contributed by atoms with Gasteiger partial charge in [0.1, 0.15) is 11.2 Å². The summed E-state index contributed by atoms with van der Waals surface area (Å²) in [7, 11) is 0. The van der Waals surface area contributed by atoms with E-state index in [0.29, 0.717) is 0 Å². The summed E-state index contributed by atoms with van der Waals surface area (Å²) in [6, 6.07) is 68.1. The standard InChI is InChI=1S/C50H31NOS/c1-2-13-32(14-3-1)44-31-35(26-28-37(44)34-25-27-41-40-19-8-10-23-47(40)52-48(41)30-34)51(45-22-12-21-43-42-20-9-11-24-49(42)53-50(43)45)46-29-33-15-4-5-16-36(33)38-17-6-7-18-39(38)46/h1-31H. The minimum Gasteiger partial charge on any atom is -0.456 e. The molecule has 0 N–H and O–H groups in total. The number of thiophene rings is 1. The highest BCUT2D eigenvalue weighted by molar-refractivity contribution is 7.26. The van der Waals surface area contributed by atoms with Crippen molar-refractivity contribution in [1.29, 1.82) is 0 Å². The van der Waals surface area contributed by atoms with Crippen LogP contribution in [0.4, 0.5) is 17.1 Å². The molecular weight excluding hydrogens is 663 g/mol. The molecule has 0 fully saturated rings. The first-order chi connectivity index (χ1) is 26.3. The summed E-state index contributed by atoms with van der Waals surface area (Å²) in [5, 5.41) is 9.77. The summed E-state index contributed by atoms with van der Waals surface area (Å²) < 4.78 is 8.93. The van der Waals surface area contributed by atoms with Crippen LogP contribution in [-0.2, 0) is 0 Å². The van der Waals surface area contributed by atoms with Crippen molar-refractivity contribution in [3.63, 3.8) is 0 Å². The highest BCUT2D eigenvalue weighted by atomic mass is 32.1. The largest absolute Gasteiger partial charge is 0.456 e. The van der Waals surface area contributed by atoms with Crippen molar-refractivity contribution in [1.82, 2.24) is 0 Å². The molecule has 0 aliphatic rings. The normalized spacial score (nSPS) is 11.8. The molecule has 0 radical (unpaired) electrons. The quantitative estimate of drug-likeness (QED) is 0.167. The molecule has 9 aromatic carbocycles. The maximum Gasteiger partial charge on any atom is 0.136 e. The maximum absolute atomic E-state index is 6.37. The molecule has 11 aromatic rings. The van der Waals surface area contributed by atoms with Crippen LogP contribution >= 0.6 is 11.3 Å². The van der Waals surface area contributed by atoms with Crippen molar-refractivity contribution in [3.8, 4) is 22.3 Å². The fraction of sp³-hybridized carbons (Fsp3) is 0. The van der Waals surface area contributed by atoms with Crippen LogP contribution in [0.3, 0.4) is 0 Å². The molecule has 53 heavy (non-hydrogen) atoms. The fourth-order valence-corrected chi connectivity index (χ4v) is 9.42. The second-order valence-electron chi connectivity index (χ2n) is 13.7. The van der Waals surface area contributed by atoms with E-state index in [-0.39, 0.29) is 0 Å². The van der Waals surface area contributed by atoms with Gasteiger partial charge in [-0.3, -0.25) is 0 Å². The van der Waals surface area contributed by atoms with Gasteiger partial charge >= 0.3 is 0 Å². The third-order valence-corrected chi connectivity index (χ3v) is 11.9. The molecule has 3 heteroatoms. The molecule has 0 amide bonds. The van der Waals surface area contributed by atoms with E-state index in [4.69, 9.17) is 4.42 Å². The highest BCUT2D eigenvalue weighted by Crippen LogP contribution is 2.49. The van der Waals surface area contributed by atoms with E-state index in [1.807, 2.05) is 23.5 Å². The number of furan rings is 1. The van der Waals surface area contributed by atoms with Crippen molar-refractivity contribution in [2.24, 2.45) is 0 Å². The number of hydrogen-bond donors (Lipinski definition) is 0. The predicted molar refractivity (Wildman–Crippen MR) is 227 cm³/mol. The molecule has 2 nitrogen and oxygen atoms in total. The van der Waals surface area contributed by atoms with Crippen LogP contribution < -0.4 is 4.90 Å². The topological polar surface area (TPSA) is 16.4 Å². The Balaban J connectivity index is 1.20. The first kappa shape index (κ1) is 30.0. The molecule has 0 atom stereocenters. The summed E-state index contributed by atoms with van der Waals surface area (Å²) in [5.41, 5.74) is 9.83. The SMILES string of the molecule is c1ccc(-c2cc(N(c3cc4ccccc4c4ccccc34)c3cccc4c3sc3ccccc34)ccc2-c2ccc3c(c2)oc2ccccc23)cc1. The summed E-state index contributed by atoms with van der Waals surface area (Å²) in [5.74, 6) is 0. The Bertz CT molecular complexity index is 3190. The Morgan fingerprint density at radius 1 is 0.377 bits per heavy atom. The lowest BCUT2D eigenvalue weighted by Crippen LogP contribution is -2.11. The van der Waals surface area contributed by atoms with E-state index in [1.165, 1.54) is 47.4 Å². The first-order valence-electron chi connectivity index (χ1n) is 18.0. The minimum atomic E-state index is 0.896. The Kier molecular flexibility index (Phi) is 6.76. The Hall–Kier alpha value is -6.68. The molecule has 2 aromatic heterocycles. The average molecular weight is 694 g/mol. The van der Waals surface area contributed by atoms with Crippen molar-refractivity contribution in [2.75, 3.05) is 4.90 Å². The van der Waals surface area contributed by atoms with E-state index in [0.717, 1.165) is 55.6 Å². The van der Waals surface area contributed by atoms with Gasteiger partial charge in [0, 0.05) is 37.3 Å². The molecule has 0 aliphatic carbocycles. The van der Waals surface area contributed by atoms with Gasteiger partial charge in [-0.25, -0.2) is 0 Å². The summed E-state index contributed by atoms with van der Waals surface area (Å²) in [4.78, 5) is 2.49. The molecule has 0 saturated heterocycles. The monoisotopic (exact) mass is 693 g/mol. The third kappa shape index (κ3) is 4.78. The first-order valence-corrected chi connectivity index (χ1v) is 18.8. The molecular formula is C50H31NOS. The van der Waals surface area contributed by atoms with E-state index in [2.05, 4.69) is 181 Å². The van der Waals surface area contributed by atoms with Crippen molar-refractivity contribution >= 4 is 92.1 Å². The lowest BCUT2D eigenvalue weighted by atomic mass is 9.92. The molecule has 0 unspecified atom stereocenters. The second kappa shape index (κ2) is 11.9. The van der Waals surface area contributed by atoms with Crippen LogP contribution in [0.1, 0.15) is 0 Å². The van der Waals surface area contributed by atoms with Gasteiger partial charge in [-0.2, -0.15) is 0 Å². The second-order valence-corrected chi connectivity index (χ2v) is 14.7. The zero-order valence-electron chi connectivity index (χ0n) is 28.7. The van der Waals surface area contributed by atoms with Crippen molar-refractivity contribution < 1.29 is 4.42 Å². The van der Waals surface area contributed by atoms with Crippen LogP contribution in [0.15, 0.2) is 192 Å². The third-order valence-electron chi connectivity index (χ3n) is 10.6. The number of hydrogen-bond acceptors (Lipinski definition) is 3. The molecule has 0 saturated carbocycles. The maximum atomic E-state index is 6.37. The number of anilines is 3. The summed E-state index contributed by atoms with van der Waals surface area (Å²) >= 11 is 1.87. The fourth-order valence-electron chi connectivity index (χ4n) is 8.21. The lowest BCUT2D eigenvalue weighted by Gasteiger charge is -2.29. The zero-order valence-corrected chi connectivity index (χ0v) is 29.5. The van der Waals surface area contributed by atoms with Crippen LogP contribution in [-0.4, -0.2) is 0 Å². The zero-order chi connectivity index (χ0) is 34.9. The van der Waals surface area contributed by atoms with Gasteiger partial charge in [-0.15, -0.1) is 11.3 Å². The summed E-state index contributed by atoms with van der Waals surface area (Å²) in [6.45, 7) is 0. The van der Waals surface area contributed by atoms with Crippen molar-refractivity contribution in [3.05, 3.63) is 188 Å². The Labute approximate surface area is 310 Å². The van der Waals surface area contributed by atoms with Crippen LogP contribution in [0, 0.1) is 0 Å². The van der Waals surface area contributed by atoms with Gasteiger partial charge in [-0.05, 0) is 86.9 Å². The van der Waals surface area contributed by atoms with Gasteiger partial charge in [0.05, 0.1) is 16.1 Å². The van der Waals surface area contributed by atoms with Crippen molar-refractivity contribution in [2.45, 2.75) is 0 Å². The van der Waals surface area contributed by atoms with Gasteiger partial charge in [0.2, 0.25) is 0 Å². The number of para-hydroxylation sites is 1. The Morgan fingerprint density at radius 2 is 1.08 bits per heavy atom. The highest BCUT2D eigenvalue weighted by Gasteiger charge is 2.23. The number of fused-ring (bicyclic) bond motifs is 9. The lowest BCUT2D eigenvalue weighted by molar-refractivity contribution is 0.669. The van der Waals surface area contributed by atoms with E-state index in [1.54, 1.807) is 0 Å². The number of rotatable bonds is 5. The van der Waals surface area contributed by atoms with Crippen LogP contribution in [0.5, 0.6) is 0 Å². The molecule has 0 aliphatic heterocycles. The van der Waals surface area contributed by atoms with Crippen LogP contribution in [0.2, 0.25) is 0 Å². The average Bonchev–Trinajstić information content (AvgIpc) is 3.80. The number of benzene rings is 9. The molecule has 0 spiro atoms. The van der Waals surface area contributed by atoms with E-state index < -0.39 is 0 Å². The van der Waals surface area contributed by atoms with Gasteiger partial charge in [0.15, 0.2) is 0 Å². The van der Waals surface area contributed by atoms with Crippen LogP contribution in [0.25, 0.3) is 85.9 Å². The molecule has 248 valence electrons.